The molecule has 0 radical (unpaired) electrons. The molecule has 2 heterocycles. The average Bonchev–Trinajstić information content (AvgIpc) is 3.25. The van der Waals surface area contributed by atoms with Gasteiger partial charge >= 0.3 is 0 Å². The van der Waals surface area contributed by atoms with Crippen molar-refractivity contribution in [1.29, 1.82) is 0 Å². The van der Waals surface area contributed by atoms with E-state index in [9.17, 15) is 5.11 Å². The normalized spacial score (nSPS) is 23.4. The Hall–Kier alpha value is -1.30. The van der Waals surface area contributed by atoms with Crippen LogP contribution in [0.1, 0.15) is 43.2 Å². The summed E-state index contributed by atoms with van der Waals surface area (Å²) in [6, 6.07) is 8.24. The van der Waals surface area contributed by atoms with Crippen LogP contribution in [0.4, 0.5) is 5.82 Å². The van der Waals surface area contributed by atoms with Crippen LogP contribution in [0.25, 0.3) is 0 Å². The van der Waals surface area contributed by atoms with Crippen molar-refractivity contribution in [2.24, 2.45) is 5.92 Å². The second-order valence-corrected chi connectivity index (χ2v) is 9.31. The van der Waals surface area contributed by atoms with Crippen LogP contribution in [0, 0.1) is 5.92 Å². The van der Waals surface area contributed by atoms with E-state index in [2.05, 4.69) is 33.0 Å². The largest absolute Gasteiger partial charge is 0.497 e. The maximum atomic E-state index is 9.21. The Balaban J connectivity index is 1.63. The number of hydrogen-bond acceptors (Lipinski definition) is 4. The molecule has 1 aromatic carbocycles. The van der Waals surface area contributed by atoms with Crippen molar-refractivity contribution < 1.29 is 9.84 Å². The Bertz CT molecular complexity index is 845. The summed E-state index contributed by atoms with van der Waals surface area (Å²) in [6.07, 6.45) is 7.24. The van der Waals surface area contributed by atoms with Gasteiger partial charge in [0.25, 0.3) is 0 Å². The van der Waals surface area contributed by atoms with Crippen LogP contribution in [-0.2, 0) is 12.0 Å². The van der Waals surface area contributed by atoms with Crippen LogP contribution in [0.2, 0.25) is 5.02 Å². The summed E-state index contributed by atoms with van der Waals surface area (Å²) in [5, 5.41) is 10.0. The number of halogens is 2. The van der Waals surface area contributed by atoms with Crippen molar-refractivity contribution >= 4 is 33.3 Å². The minimum absolute atomic E-state index is 0.0653. The lowest BCUT2D eigenvalue weighted by Gasteiger charge is -2.26. The third-order valence-electron chi connectivity index (χ3n) is 6.29. The predicted molar refractivity (Wildman–Crippen MR) is 116 cm³/mol. The van der Waals surface area contributed by atoms with Crippen molar-refractivity contribution in [1.82, 2.24) is 4.98 Å². The van der Waals surface area contributed by atoms with Crippen LogP contribution in [0.15, 0.2) is 34.9 Å². The number of hydrogen-bond donors (Lipinski definition) is 1. The highest BCUT2D eigenvalue weighted by molar-refractivity contribution is 9.10. The molecule has 2 aliphatic rings. The molecule has 2 atom stereocenters. The minimum Gasteiger partial charge on any atom is -0.497 e. The summed E-state index contributed by atoms with van der Waals surface area (Å²) >= 11 is 10.4. The van der Waals surface area contributed by atoms with E-state index in [4.69, 9.17) is 21.3 Å². The lowest BCUT2D eigenvalue weighted by molar-refractivity contribution is 0.269. The highest BCUT2D eigenvalue weighted by atomic mass is 79.9. The molecule has 1 saturated carbocycles. The highest BCUT2D eigenvalue weighted by Gasteiger charge is 2.49. The third-order valence-corrected chi connectivity index (χ3v) is 7.51. The van der Waals surface area contributed by atoms with Gasteiger partial charge in [-0.05, 0) is 71.6 Å². The van der Waals surface area contributed by atoms with Crippen LogP contribution in [0.3, 0.4) is 0 Å². The fraction of sp³-hybridized carbons (Fsp3) is 0.500. The van der Waals surface area contributed by atoms with Crippen molar-refractivity contribution in [3.63, 3.8) is 0 Å². The first kappa shape index (κ1) is 20.0. The standard InChI is InChI=1S/C22H26BrClN2O2/c1-28-17-6-4-16(5-7-17)13-26-14-22(9-8-15(11-22)3-2-10-27)19-20(24)18(23)12-25-21(19)26/h4-7,12,15,27H,2-3,8-11,13-14H2,1H3/t15-,22-/m0/s1. The van der Waals surface area contributed by atoms with Gasteiger partial charge in [0.2, 0.25) is 0 Å². The molecule has 1 spiro atoms. The van der Waals surface area contributed by atoms with Crippen LogP contribution in [-0.4, -0.2) is 30.4 Å². The number of nitrogens with zero attached hydrogens (tertiary/aromatic N) is 2. The maximum Gasteiger partial charge on any atom is 0.134 e. The van der Waals surface area contributed by atoms with Gasteiger partial charge in [-0.1, -0.05) is 23.7 Å². The molecule has 1 fully saturated rings. The van der Waals surface area contributed by atoms with Gasteiger partial charge in [-0.25, -0.2) is 4.98 Å². The lowest BCUT2D eigenvalue weighted by atomic mass is 9.80. The molecule has 1 aliphatic carbocycles. The second kappa shape index (κ2) is 8.21. The molecule has 0 unspecified atom stereocenters. The first-order chi connectivity index (χ1) is 13.6. The minimum atomic E-state index is 0.0653. The Morgan fingerprint density at radius 3 is 2.86 bits per heavy atom. The summed E-state index contributed by atoms with van der Waals surface area (Å²) in [5.41, 5.74) is 2.51. The number of aliphatic hydroxyl groups excluding tert-OH is 1. The third kappa shape index (κ3) is 3.64. The van der Waals surface area contributed by atoms with E-state index in [1.165, 1.54) is 17.5 Å². The van der Waals surface area contributed by atoms with Crippen LogP contribution < -0.4 is 9.64 Å². The Kier molecular flexibility index (Phi) is 5.86. The van der Waals surface area contributed by atoms with Gasteiger partial charge < -0.3 is 14.7 Å². The van der Waals surface area contributed by atoms with E-state index in [1.54, 1.807) is 7.11 Å². The van der Waals surface area contributed by atoms with Gasteiger partial charge in [-0.15, -0.1) is 0 Å². The number of ether oxygens (including phenoxy) is 1. The quantitative estimate of drug-likeness (QED) is 0.626. The van der Waals surface area contributed by atoms with E-state index in [0.29, 0.717) is 5.92 Å². The van der Waals surface area contributed by atoms with E-state index >= 15 is 0 Å². The lowest BCUT2D eigenvalue weighted by Crippen LogP contribution is -2.31. The van der Waals surface area contributed by atoms with Crippen molar-refractivity contribution in [2.75, 3.05) is 25.2 Å². The van der Waals surface area contributed by atoms with Crippen molar-refractivity contribution in [3.8, 4) is 5.75 Å². The summed E-state index contributed by atoms with van der Waals surface area (Å²) in [6.45, 7) is 2.04. The number of benzene rings is 1. The molecule has 4 nitrogen and oxygen atoms in total. The Morgan fingerprint density at radius 2 is 2.14 bits per heavy atom. The predicted octanol–water partition coefficient (Wildman–Crippen LogP) is 5.34. The number of fused-ring (bicyclic) bond motifs is 2. The SMILES string of the molecule is COc1ccc(CN2C[C@@]3(CC[C@H](CCCO)C3)c3c2ncc(Br)c3Cl)cc1. The molecule has 0 amide bonds. The summed E-state index contributed by atoms with van der Waals surface area (Å²) < 4.78 is 6.15. The van der Waals surface area contributed by atoms with Crippen LogP contribution in [0.5, 0.6) is 5.75 Å². The molecule has 4 rings (SSSR count). The Labute approximate surface area is 180 Å². The van der Waals surface area contributed by atoms with E-state index in [-0.39, 0.29) is 12.0 Å². The van der Waals surface area contributed by atoms with E-state index < -0.39 is 0 Å². The zero-order valence-electron chi connectivity index (χ0n) is 16.1. The summed E-state index contributed by atoms with van der Waals surface area (Å²) in [4.78, 5) is 7.15. The second-order valence-electron chi connectivity index (χ2n) is 8.08. The zero-order valence-corrected chi connectivity index (χ0v) is 18.5. The fourth-order valence-corrected chi connectivity index (χ4v) is 5.64. The van der Waals surface area contributed by atoms with Gasteiger partial charge in [-0.3, -0.25) is 0 Å². The van der Waals surface area contributed by atoms with E-state index in [0.717, 1.165) is 59.8 Å². The van der Waals surface area contributed by atoms with Crippen molar-refractivity contribution in [3.05, 3.63) is 51.1 Å². The maximum absolute atomic E-state index is 9.21. The highest BCUT2D eigenvalue weighted by Crippen LogP contribution is 2.55. The van der Waals surface area contributed by atoms with Gasteiger partial charge in [0, 0.05) is 36.9 Å². The summed E-state index contributed by atoms with van der Waals surface area (Å²) in [7, 11) is 1.69. The van der Waals surface area contributed by atoms with E-state index in [1.807, 2.05) is 18.3 Å². The number of pyridine rings is 1. The van der Waals surface area contributed by atoms with Gasteiger partial charge in [0.05, 0.1) is 16.6 Å². The van der Waals surface area contributed by atoms with Gasteiger partial charge in [0.1, 0.15) is 11.6 Å². The first-order valence-corrected chi connectivity index (χ1v) is 11.1. The molecule has 1 aromatic heterocycles. The molecule has 150 valence electrons. The number of rotatable bonds is 6. The van der Waals surface area contributed by atoms with Gasteiger partial charge in [0.15, 0.2) is 0 Å². The average molecular weight is 466 g/mol. The molecule has 0 bridgehead atoms. The monoisotopic (exact) mass is 464 g/mol. The molecular weight excluding hydrogens is 440 g/mol. The molecule has 6 heteroatoms. The molecular formula is C22H26BrClN2O2. The number of aromatic nitrogens is 1. The molecule has 1 aliphatic heterocycles. The molecule has 0 saturated heterocycles. The summed E-state index contributed by atoms with van der Waals surface area (Å²) in [5.74, 6) is 2.54. The number of methoxy groups -OCH3 is 1. The number of aliphatic hydroxyl groups is 1. The van der Waals surface area contributed by atoms with Crippen LogP contribution >= 0.6 is 27.5 Å². The zero-order chi connectivity index (χ0) is 19.7. The van der Waals surface area contributed by atoms with Crippen molar-refractivity contribution in [2.45, 2.75) is 44.1 Å². The topological polar surface area (TPSA) is 45.6 Å². The molecule has 1 N–H and O–H groups in total. The smallest absolute Gasteiger partial charge is 0.134 e. The molecule has 28 heavy (non-hydrogen) atoms. The molecule has 2 aromatic rings. The number of anilines is 1. The van der Waals surface area contributed by atoms with Gasteiger partial charge in [-0.2, -0.15) is 0 Å². The fourth-order valence-electron chi connectivity index (χ4n) is 5.00. The first-order valence-electron chi connectivity index (χ1n) is 9.89. The Morgan fingerprint density at radius 1 is 1.36 bits per heavy atom.